The Labute approximate surface area is 170 Å². The van der Waals surface area contributed by atoms with Gasteiger partial charge in [-0.3, -0.25) is 4.79 Å². The lowest BCUT2D eigenvalue weighted by molar-refractivity contribution is -0.147. The van der Waals surface area contributed by atoms with Crippen LogP contribution < -0.4 is 14.8 Å². The van der Waals surface area contributed by atoms with E-state index in [4.69, 9.17) is 26.6 Å². The van der Waals surface area contributed by atoms with Crippen LogP contribution in [0.4, 0.5) is 5.69 Å². The molecule has 0 aliphatic heterocycles. The molecule has 0 heterocycles. The molecule has 156 valence electrons. The molecule has 0 fully saturated rings. The van der Waals surface area contributed by atoms with Crippen LogP contribution in [0.1, 0.15) is 5.56 Å². The first-order chi connectivity index (χ1) is 13.5. The second-order valence-electron chi connectivity index (χ2n) is 5.72. The van der Waals surface area contributed by atoms with E-state index in [-0.39, 0.29) is 28.8 Å². The van der Waals surface area contributed by atoms with Crippen LogP contribution >= 0.6 is 11.6 Å². The Morgan fingerprint density at radius 1 is 1.21 bits per heavy atom. The van der Waals surface area contributed by atoms with Crippen LogP contribution in [0.25, 0.3) is 0 Å². The average Bonchev–Trinajstić information content (AvgIpc) is 2.64. The van der Waals surface area contributed by atoms with Crippen molar-refractivity contribution < 1.29 is 38.1 Å². The van der Waals surface area contributed by atoms with E-state index in [1.807, 2.05) is 0 Å². The fraction of sp³-hybridized carbons (Fsp3) is 0.176. The van der Waals surface area contributed by atoms with Crippen LogP contribution in [0.5, 0.6) is 17.2 Å². The number of benzene rings is 2. The van der Waals surface area contributed by atoms with Gasteiger partial charge in [0, 0.05) is 18.3 Å². The van der Waals surface area contributed by atoms with Crippen LogP contribution in [0, 0.1) is 6.92 Å². The predicted molar refractivity (Wildman–Crippen MR) is 103 cm³/mol. The fourth-order valence-corrected chi connectivity index (χ4v) is 3.70. The molecular weight excluding hydrogens is 428 g/mol. The minimum absolute atomic E-state index is 0.0292. The van der Waals surface area contributed by atoms with E-state index in [1.165, 1.54) is 18.2 Å². The SMILES string of the molecule is Cc1cc(NC(=O)C(=O)O)cc(Cl)c1Oc1ccc(O)c(S(=O)(=O)NCCO)c1. The Bertz CT molecular complexity index is 1030. The smallest absolute Gasteiger partial charge is 0.394 e. The molecule has 0 atom stereocenters. The number of nitrogens with one attached hydrogen (secondary N) is 2. The van der Waals surface area contributed by atoms with Gasteiger partial charge in [-0.1, -0.05) is 11.6 Å². The van der Waals surface area contributed by atoms with Crippen LogP contribution in [-0.2, 0) is 19.6 Å². The van der Waals surface area contributed by atoms with Crippen molar-refractivity contribution in [2.75, 3.05) is 18.5 Å². The molecular formula is C17H17ClN2O8S. The first-order valence-electron chi connectivity index (χ1n) is 8.01. The lowest BCUT2D eigenvalue weighted by Gasteiger charge is -2.14. The normalized spacial score (nSPS) is 11.1. The van der Waals surface area contributed by atoms with Crippen molar-refractivity contribution in [3.05, 3.63) is 40.9 Å². The molecule has 2 aromatic carbocycles. The summed E-state index contributed by atoms with van der Waals surface area (Å²) in [5, 5.41) is 29.5. The van der Waals surface area contributed by atoms with E-state index >= 15 is 0 Å². The molecule has 10 nitrogen and oxygen atoms in total. The quantitative estimate of drug-likeness (QED) is 0.400. The molecule has 0 bridgehead atoms. The zero-order valence-electron chi connectivity index (χ0n) is 15.0. The van der Waals surface area contributed by atoms with E-state index < -0.39 is 39.2 Å². The number of ether oxygens (including phenoxy) is 1. The second-order valence-corrected chi connectivity index (χ2v) is 7.86. The Kier molecular flexibility index (Phi) is 7.03. The number of carboxylic acids is 1. The van der Waals surface area contributed by atoms with Crippen LogP contribution in [0.3, 0.4) is 0 Å². The number of amides is 1. The number of sulfonamides is 1. The zero-order chi connectivity index (χ0) is 21.8. The van der Waals surface area contributed by atoms with Gasteiger partial charge in [-0.15, -0.1) is 0 Å². The number of aromatic hydroxyl groups is 1. The predicted octanol–water partition coefficient (Wildman–Crippen LogP) is 1.44. The maximum atomic E-state index is 12.2. The molecule has 12 heteroatoms. The van der Waals surface area contributed by atoms with Gasteiger partial charge in [-0.05, 0) is 36.8 Å². The molecule has 0 aliphatic rings. The summed E-state index contributed by atoms with van der Waals surface area (Å²) in [6.45, 7) is 0.926. The summed E-state index contributed by atoms with van der Waals surface area (Å²) >= 11 is 6.15. The van der Waals surface area contributed by atoms with Crippen LogP contribution in [0.15, 0.2) is 35.2 Å². The monoisotopic (exact) mass is 444 g/mol. The number of aliphatic carboxylic acids is 1. The number of carbonyl (C=O) groups is 2. The number of hydrogen-bond acceptors (Lipinski definition) is 7. The average molecular weight is 445 g/mol. The number of phenols is 1. The topological polar surface area (TPSA) is 162 Å². The van der Waals surface area contributed by atoms with E-state index in [0.29, 0.717) is 5.56 Å². The zero-order valence-corrected chi connectivity index (χ0v) is 16.5. The maximum Gasteiger partial charge on any atom is 0.394 e. The molecule has 2 aromatic rings. The highest BCUT2D eigenvalue weighted by molar-refractivity contribution is 7.89. The van der Waals surface area contributed by atoms with Crippen molar-refractivity contribution in [2.24, 2.45) is 0 Å². The van der Waals surface area contributed by atoms with E-state index in [9.17, 15) is 23.1 Å². The Morgan fingerprint density at radius 3 is 2.48 bits per heavy atom. The van der Waals surface area contributed by atoms with Gasteiger partial charge in [-0.2, -0.15) is 0 Å². The summed E-state index contributed by atoms with van der Waals surface area (Å²) in [5.41, 5.74) is 0.559. The van der Waals surface area contributed by atoms with Gasteiger partial charge in [-0.25, -0.2) is 17.9 Å². The van der Waals surface area contributed by atoms with Gasteiger partial charge in [0.2, 0.25) is 10.0 Å². The van der Waals surface area contributed by atoms with Gasteiger partial charge in [0.1, 0.15) is 22.1 Å². The lowest BCUT2D eigenvalue weighted by Crippen LogP contribution is -2.26. The first-order valence-corrected chi connectivity index (χ1v) is 9.87. The van der Waals surface area contributed by atoms with Crippen LogP contribution in [-0.4, -0.2) is 48.8 Å². The number of hydrogen-bond donors (Lipinski definition) is 5. The number of anilines is 1. The Balaban J connectivity index is 2.34. The summed E-state index contributed by atoms with van der Waals surface area (Å²) in [7, 11) is -4.09. The minimum Gasteiger partial charge on any atom is -0.507 e. The number of aliphatic hydroxyl groups excluding tert-OH is 1. The third-order valence-electron chi connectivity index (χ3n) is 3.53. The molecule has 2 rings (SSSR count). The Morgan fingerprint density at radius 2 is 1.90 bits per heavy atom. The van der Waals surface area contributed by atoms with E-state index in [2.05, 4.69) is 10.0 Å². The van der Waals surface area contributed by atoms with Crippen LogP contribution in [0.2, 0.25) is 5.02 Å². The summed E-state index contributed by atoms with van der Waals surface area (Å²) in [6, 6.07) is 6.20. The van der Waals surface area contributed by atoms with Crippen molar-refractivity contribution in [3.8, 4) is 17.2 Å². The van der Waals surface area contributed by atoms with Gasteiger partial charge < -0.3 is 25.4 Å². The highest BCUT2D eigenvalue weighted by Gasteiger charge is 2.20. The van der Waals surface area contributed by atoms with Gasteiger partial charge in [0.05, 0.1) is 11.6 Å². The molecule has 0 radical (unpaired) electrons. The highest BCUT2D eigenvalue weighted by Crippen LogP contribution is 2.37. The molecule has 0 spiro atoms. The van der Waals surface area contributed by atoms with Crippen molar-refractivity contribution in [1.29, 1.82) is 0 Å². The minimum atomic E-state index is -4.09. The number of aryl methyl sites for hydroxylation is 1. The van der Waals surface area contributed by atoms with Crippen molar-refractivity contribution in [2.45, 2.75) is 11.8 Å². The van der Waals surface area contributed by atoms with Crippen molar-refractivity contribution >= 4 is 39.2 Å². The lowest BCUT2D eigenvalue weighted by atomic mass is 10.2. The molecule has 0 saturated heterocycles. The van der Waals surface area contributed by atoms with E-state index in [1.54, 1.807) is 6.92 Å². The summed E-state index contributed by atoms with van der Waals surface area (Å²) in [4.78, 5) is 21.4. The standard InChI is InChI=1S/C17H17ClN2O8S/c1-9-6-10(20-16(23)17(24)25)7-12(18)15(9)28-11-2-3-13(22)14(8-11)29(26,27)19-4-5-21/h2-3,6-8,19,21-22H,4-5H2,1H3,(H,20,23)(H,24,25). The molecule has 29 heavy (non-hydrogen) atoms. The number of aliphatic hydroxyl groups is 1. The third kappa shape index (κ3) is 5.57. The molecule has 0 aliphatic carbocycles. The van der Waals surface area contributed by atoms with Gasteiger partial charge in [0.15, 0.2) is 0 Å². The van der Waals surface area contributed by atoms with Gasteiger partial charge >= 0.3 is 11.9 Å². The fourth-order valence-electron chi connectivity index (χ4n) is 2.27. The number of carboxylic acid groups (broad SMARTS) is 1. The summed E-state index contributed by atoms with van der Waals surface area (Å²) in [6.07, 6.45) is 0. The number of carbonyl (C=O) groups excluding carboxylic acids is 1. The number of rotatable bonds is 7. The molecule has 0 unspecified atom stereocenters. The Hall–Kier alpha value is -2.86. The molecule has 0 aromatic heterocycles. The van der Waals surface area contributed by atoms with Crippen molar-refractivity contribution in [3.63, 3.8) is 0 Å². The summed E-state index contributed by atoms with van der Waals surface area (Å²) < 4.78 is 32.1. The second kappa shape index (κ2) is 9.09. The van der Waals surface area contributed by atoms with Crippen molar-refractivity contribution in [1.82, 2.24) is 4.72 Å². The molecule has 5 N–H and O–H groups in total. The molecule has 1 amide bonds. The third-order valence-corrected chi connectivity index (χ3v) is 5.30. The summed E-state index contributed by atoms with van der Waals surface area (Å²) in [5.74, 6) is -3.24. The number of phenolic OH excluding ortho intramolecular Hbond substituents is 1. The first kappa shape index (κ1) is 22.4. The largest absolute Gasteiger partial charge is 0.507 e. The number of halogens is 1. The maximum absolute atomic E-state index is 12.2. The van der Waals surface area contributed by atoms with E-state index in [0.717, 1.165) is 12.1 Å². The highest BCUT2D eigenvalue weighted by atomic mass is 35.5. The van der Waals surface area contributed by atoms with Gasteiger partial charge in [0.25, 0.3) is 0 Å². The molecule has 0 saturated carbocycles.